The molecule has 0 radical (unpaired) electrons. The molecule has 0 unspecified atom stereocenters. The lowest BCUT2D eigenvalue weighted by atomic mass is 10.1. The predicted octanol–water partition coefficient (Wildman–Crippen LogP) is 1.53. The highest BCUT2D eigenvalue weighted by molar-refractivity contribution is 6.27. The van der Waals surface area contributed by atoms with Gasteiger partial charge in [0, 0.05) is 6.42 Å². The third-order valence-electron chi connectivity index (χ3n) is 1.76. The highest BCUT2D eigenvalue weighted by Gasteiger charge is 2.01. The van der Waals surface area contributed by atoms with Crippen LogP contribution in [0.5, 0.6) is 0 Å². The average molecular weight is 199 g/mol. The third kappa shape index (κ3) is 3.17. The fourth-order valence-electron chi connectivity index (χ4n) is 1.04. The van der Waals surface area contributed by atoms with Crippen LogP contribution in [0, 0.1) is 0 Å². The number of carbonyl (C=O) groups excluding carboxylic acids is 1. The number of hydrogen-bond donors (Lipinski definition) is 1. The summed E-state index contributed by atoms with van der Waals surface area (Å²) in [6, 6.07) is 7.26. The molecule has 0 aliphatic heterocycles. The number of aliphatic hydroxyl groups excluding tert-OH is 1. The fraction of sp³-hybridized carbons (Fsp3) is 0.300. The van der Waals surface area contributed by atoms with E-state index in [9.17, 15) is 4.79 Å². The van der Waals surface area contributed by atoms with Crippen molar-refractivity contribution < 1.29 is 9.90 Å². The van der Waals surface area contributed by atoms with E-state index in [-0.39, 0.29) is 18.3 Å². The maximum atomic E-state index is 11.0. The Morgan fingerprint density at radius 3 is 2.23 bits per heavy atom. The number of halogens is 1. The third-order valence-corrected chi connectivity index (χ3v) is 2.05. The molecule has 3 heteroatoms. The molecule has 0 aliphatic rings. The van der Waals surface area contributed by atoms with Crippen molar-refractivity contribution >= 4 is 17.4 Å². The Labute approximate surface area is 82.2 Å². The van der Waals surface area contributed by atoms with Crippen LogP contribution < -0.4 is 0 Å². The smallest absolute Gasteiger partial charge is 0.151 e. The first kappa shape index (κ1) is 10.2. The molecule has 0 atom stereocenters. The highest BCUT2D eigenvalue weighted by atomic mass is 35.5. The highest BCUT2D eigenvalue weighted by Crippen LogP contribution is 2.05. The molecule has 1 aromatic rings. The zero-order valence-electron chi connectivity index (χ0n) is 7.16. The van der Waals surface area contributed by atoms with E-state index in [4.69, 9.17) is 16.7 Å². The number of benzene rings is 1. The standard InChI is InChI=1S/C10H11ClO2/c11-6-10(13)5-8-1-3-9(7-12)4-2-8/h1-4,12H,5-7H2. The van der Waals surface area contributed by atoms with Crippen LogP contribution in [0.15, 0.2) is 24.3 Å². The van der Waals surface area contributed by atoms with Crippen molar-refractivity contribution in [2.24, 2.45) is 0 Å². The SMILES string of the molecule is O=C(CCl)Cc1ccc(CO)cc1. The summed E-state index contributed by atoms with van der Waals surface area (Å²) in [4.78, 5) is 11.0. The van der Waals surface area contributed by atoms with E-state index in [0.29, 0.717) is 6.42 Å². The van der Waals surface area contributed by atoms with Crippen LogP contribution in [-0.2, 0) is 17.8 Å². The van der Waals surface area contributed by atoms with Crippen molar-refractivity contribution in [2.45, 2.75) is 13.0 Å². The molecule has 70 valence electrons. The number of carbonyl (C=O) groups is 1. The maximum absolute atomic E-state index is 11.0. The van der Waals surface area contributed by atoms with Crippen LogP contribution in [0.4, 0.5) is 0 Å². The van der Waals surface area contributed by atoms with E-state index in [1.165, 1.54) is 0 Å². The molecule has 0 fully saturated rings. The van der Waals surface area contributed by atoms with Crippen molar-refractivity contribution in [3.05, 3.63) is 35.4 Å². The Morgan fingerprint density at radius 2 is 1.77 bits per heavy atom. The quantitative estimate of drug-likeness (QED) is 0.746. The fourth-order valence-corrected chi connectivity index (χ4v) is 1.13. The van der Waals surface area contributed by atoms with Gasteiger partial charge in [0.1, 0.15) is 0 Å². The van der Waals surface area contributed by atoms with E-state index in [1.807, 2.05) is 12.1 Å². The van der Waals surface area contributed by atoms with Gasteiger partial charge >= 0.3 is 0 Å². The first-order valence-electron chi connectivity index (χ1n) is 4.02. The van der Waals surface area contributed by atoms with Crippen molar-refractivity contribution in [3.8, 4) is 0 Å². The molecule has 0 saturated heterocycles. The van der Waals surface area contributed by atoms with E-state index < -0.39 is 0 Å². The molecule has 0 saturated carbocycles. The second-order valence-electron chi connectivity index (χ2n) is 2.82. The van der Waals surface area contributed by atoms with Gasteiger partial charge in [0.05, 0.1) is 12.5 Å². The molecular weight excluding hydrogens is 188 g/mol. The number of aliphatic hydroxyl groups is 1. The summed E-state index contributed by atoms with van der Waals surface area (Å²) < 4.78 is 0. The van der Waals surface area contributed by atoms with Gasteiger partial charge < -0.3 is 5.11 Å². The molecule has 0 spiro atoms. The molecule has 2 nitrogen and oxygen atoms in total. The van der Waals surface area contributed by atoms with Crippen molar-refractivity contribution in [1.29, 1.82) is 0 Å². The van der Waals surface area contributed by atoms with Crippen molar-refractivity contribution in [3.63, 3.8) is 0 Å². The summed E-state index contributed by atoms with van der Waals surface area (Å²) in [6.07, 6.45) is 0.370. The Morgan fingerprint density at radius 1 is 1.23 bits per heavy atom. The number of alkyl halides is 1. The van der Waals surface area contributed by atoms with E-state index >= 15 is 0 Å². The topological polar surface area (TPSA) is 37.3 Å². The molecular formula is C10H11ClO2. The summed E-state index contributed by atoms with van der Waals surface area (Å²) in [5.74, 6) is 0.0697. The monoisotopic (exact) mass is 198 g/mol. The maximum Gasteiger partial charge on any atom is 0.151 e. The molecule has 1 aromatic carbocycles. The zero-order valence-corrected chi connectivity index (χ0v) is 7.92. The molecule has 0 heterocycles. The predicted molar refractivity (Wildman–Crippen MR) is 51.8 cm³/mol. The van der Waals surface area contributed by atoms with E-state index in [1.54, 1.807) is 12.1 Å². The summed E-state index contributed by atoms with van der Waals surface area (Å²) in [5.41, 5.74) is 1.78. The van der Waals surface area contributed by atoms with Gasteiger partial charge in [-0.3, -0.25) is 4.79 Å². The van der Waals surface area contributed by atoms with Crippen LogP contribution in [0.25, 0.3) is 0 Å². The molecule has 0 aromatic heterocycles. The Balaban J connectivity index is 2.64. The Bertz CT molecular complexity index is 279. The minimum Gasteiger partial charge on any atom is -0.392 e. The normalized spacial score (nSPS) is 10.0. The van der Waals surface area contributed by atoms with Gasteiger partial charge in [-0.05, 0) is 11.1 Å². The zero-order chi connectivity index (χ0) is 9.68. The van der Waals surface area contributed by atoms with Crippen LogP contribution in [0.2, 0.25) is 0 Å². The van der Waals surface area contributed by atoms with Gasteiger partial charge in [-0.1, -0.05) is 24.3 Å². The van der Waals surface area contributed by atoms with Crippen molar-refractivity contribution in [2.75, 3.05) is 5.88 Å². The number of Topliss-reactive ketones (excluding diaryl/α,β-unsaturated/α-hetero) is 1. The second-order valence-corrected chi connectivity index (χ2v) is 3.09. The first-order chi connectivity index (χ1) is 6.26. The van der Waals surface area contributed by atoms with E-state index in [2.05, 4.69) is 0 Å². The van der Waals surface area contributed by atoms with Crippen LogP contribution in [-0.4, -0.2) is 16.8 Å². The van der Waals surface area contributed by atoms with Crippen LogP contribution in [0.1, 0.15) is 11.1 Å². The molecule has 0 aliphatic carbocycles. The second kappa shape index (κ2) is 5.00. The summed E-state index contributed by atoms with van der Waals surface area (Å²) >= 11 is 5.37. The van der Waals surface area contributed by atoms with Gasteiger partial charge in [0.25, 0.3) is 0 Å². The van der Waals surface area contributed by atoms with Gasteiger partial charge in [0.15, 0.2) is 5.78 Å². The van der Waals surface area contributed by atoms with Crippen LogP contribution >= 0.6 is 11.6 Å². The van der Waals surface area contributed by atoms with Gasteiger partial charge in [-0.2, -0.15) is 0 Å². The van der Waals surface area contributed by atoms with Gasteiger partial charge in [0.2, 0.25) is 0 Å². The lowest BCUT2D eigenvalue weighted by Crippen LogP contribution is -2.03. The lowest BCUT2D eigenvalue weighted by Gasteiger charge is -1.99. The van der Waals surface area contributed by atoms with Gasteiger partial charge in [-0.15, -0.1) is 11.6 Å². The van der Waals surface area contributed by atoms with Crippen LogP contribution in [0.3, 0.4) is 0 Å². The lowest BCUT2D eigenvalue weighted by molar-refractivity contribution is -0.116. The first-order valence-corrected chi connectivity index (χ1v) is 4.56. The molecule has 0 bridgehead atoms. The number of hydrogen-bond acceptors (Lipinski definition) is 2. The van der Waals surface area contributed by atoms with Crippen molar-refractivity contribution in [1.82, 2.24) is 0 Å². The Hall–Kier alpha value is -0.860. The van der Waals surface area contributed by atoms with E-state index in [0.717, 1.165) is 11.1 Å². The Kier molecular flexibility index (Phi) is 3.93. The summed E-state index contributed by atoms with van der Waals surface area (Å²) in [5, 5.41) is 8.77. The molecule has 0 amide bonds. The minimum atomic E-state index is 0.0124. The summed E-state index contributed by atoms with van der Waals surface area (Å²) in [6.45, 7) is 0.0315. The molecule has 13 heavy (non-hydrogen) atoms. The largest absolute Gasteiger partial charge is 0.392 e. The summed E-state index contributed by atoms with van der Waals surface area (Å²) in [7, 11) is 0. The number of ketones is 1. The van der Waals surface area contributed by atoms with Gasteiger partial charge in [-0.25, -0.2) is 0 Å². The number of rotatable bonds is 4. The average Bonchev–Trinajstić information content (AvgIpc) is 2.19. The minimum absolute atomic E-state index is 0.0124. The molecule has 1 rings (SSSR count). The molecule has 1 N–H and O–H groups in total.